The number of carbonyl (C=O) groups is 1. The molecule has 2 amide bonds. The van der Waals surface area contributed by atoms with Gasteiger partial charge in [0.25, 0.3) is 0 Å². The molecule has 0 aliphatic carbocycles. The number of nitrogens with one attached hydrogen (secondary N) is 1. The molecule has 0 bridgehead atoms. The number of halogens is 1. The number of benzene rings is 1. The van der Waals surface area contributed by atoms with Crippen LogP contribution >= 0.6 is 15.9 Å². The molecular formula is C13H17BrN2O3. The smallest absolute Gasteiger partial charge is 0.317 e. The van der Waals surface area contributed by atoms with E-state index < -0.39 is 0 Å². The molecule has 1 aromatic carbocycles. The van der Waals surface area contributed by atoms with Crippen LogP contribution in [0.25, 0.3) is 0 Å². The standard InChI is InChI=1S/C13H17BrN2O3/c14-11-2-1-3-12(10-11)19-7-4-15-13(17)16-5-8-18-9-6-16/h1-3,10H,4-9H2,(H,15,17). The predicted octanol–water partition coefficient (Wildman–Crippen LogP) is 1.87. The molecule has 104 valence electrons. The van der Waals surface area contributed by atoms with E-state index in [1.165, 1.54) is 0 Å². The van der Waals surface area contributed by atoms with E-state index in [-0.39, 0.29) is 6.03 Å². The first kappa shape index (κ1) is 14.1. The van der Waals surface area contributed by atoms with Gasteiger partial charge >= 0.3 is 6.03 Å². The molecule has 1 N–H and O–H groups in total. The highest BCUT2D eigenvalue weighted by Gasteiger charge is 2.15. The van der Waals surface area contributed by atoms with Gasteiger partial charge in [-0.3, -0.25) is 0 Å². The number of morpholine rings is 1. The van der Waals surface area contributed by atoms with Crippen LogP contribution in [0.1, 0.15) is 0 Å². The van der Waals surface area contributed by atoms with Crippen molar-refractivity contribution in [1.29, 1.82) is 0 Å². The van der Waals surface area contributed by atoms with E-state index >= 15 is 0 Å². The molecule has 5 nitrogen and oxygen atoms in total. The van der Waals surface area contributed by atoms with Gasteiger partial charge in [0.05, 0.1) is 19.8 Å². The lowest BCUT2D eigenvalue weighted by atomic mass is 10.3. The Labute approximate surface area is 121 Å². The number of carbonyl (C=O) groups excluding carboxylic acids is 1. The lowest BCUT2D eigenvalue weighted by Gasteiger charge is -2.26. The van der Waals surface area contributed by atoms with Crippen molar-refractivity contribution in [2.45, 2.75) is 0 Å². The summed E-state index contributed by atoms with van der Waals surface area (Å²) in [7, 11) is 0. The van der Waals surface area contributed by atoms with Gasteiger partial charge in [-0.05, 0) is 18.2 Å². The fourth-order valence-corrected chi connectivity index (χ4v) is 2.14. The molecule has 0 atom stereocenters. The molecule has 0 radical (unpaired) electrons. The van der Waals surface area contributed by atoms with Crippen LogP contribution in [0.2, 0.25) is 0 Å². The molecule has 1 fully saturated rings. The summed E-state index contributed by atoms with van der Waals surface area (Å²) < 4.78 is 11.7. The van der Waals surface area contributed by atoms with Crippen LogP contribution in [0.5, 0.6) is 5.75 Å². The third kappa shape index (κ3) is 4.72. The lowest BCUT2D eigenvalue weighted by molar-refractivity contribution is 0.0530. The predicted molar refractivity (Wildman–Crippen MR) is 75.4 cm³/mol. The molecule has 1 aromatic rings. The third-order valence-electron chi connectivity index (χ3n) is 2.74. The van der Waals surface area contributed by atoms with Crippen molar-refractivity contribution in [2.24, 2.45) is 0 Å². The van der Waals surface area contributed by atoms with Crippen LogP contribution in [-0.2, 0) is 4.74 Å². The highest BCUT2D eigenvalue weighted by molar-refractivity contribution is 9.10. The van der Waals surface area contributed by atoms with E-state index in [2.05, 4.69) is 21.2 Å². The zero-order valence-electron chi connectivity index (χ0n) is 10.6. The summed E-state index contributed by atoms with van der Waals surface area (Å²) in [6.45, 7) is 3.47. The molecule has 1 aliphatic heterocycles. The third-order valence-corrected chi connectivity index (χ3v) is 3.23. The lowest BCUT2D eigenvalue weighted by Crippen LogP contribution is -2.47. The molecule has 6 heteroatoms. The van der Waals surface area contributed by atoms with Crippen molar-refractivity contribution < 1.29 is 14.3 Å². The summed E-state index contributed by atoms with van der Waals surface area (Å²) in [5, 5.41) is 2.83. The van der Waals surface area contributed by atoms with Crippen molar-refractivity contribution in [2.75, 3.05) is 39.5 Å². The Morgan fingerprint density at radius 2 is 2.21 bits per heavy atom. The van der Waals surface area contributed by atoms with Gasteiger partial charge in [-0.15, -0.1) is 0 Å². The van der Waals surface area contributed by atoms with Gasteiger partial charge < -0.3 is 19.7 Å². The van der Waals surface area contributed by atoms with Crippen molar-refractivity contribution in [3.8, 4) is 5.75 Å². The van der Waals surface area contributed by atoms with Crippen LogP contribution in [-0.4, -0.2) is 50.4 Å². The van der Waals surface area contributed by atoms with Crippen LogP contribution < -0.4 is 10.1 Å². The number of urea groups is 1. The van der Waals surface area contributed by atoms with Gasteiger partial charge in [0.1, 0.15) is 12.4 Å². The number of ether oxygens (including phenoxy) is 2. The molecule has 0 unspecified atom stereocenters. The molecule has 0 saturated carbocycles. The normalized spacial score (nSPS) is 15.1. The van der Waals surface area contributed by atoms with Gasteiger partial charge in [0.15, 0.2) is 0 Å². The Morgan fingerprint density at radius 1 is 1.42 bits per heavy atom. The molecule has 0 aromatic heterocycles. The Hall–Kier alpha value is -1.27. The first-order valence-electron chi connectivity index (χ1n) is 6.24. The maximum absolute atomic E-state index is 11.8. The van der Waals surface area contributed by atoms with Gasteiger partial charge in [-0.25, -0.2) is 4.79 Å². The molecule has 1 heterocycles. The Kier molecular flexibility index (Phi) is 5.47. The van der Waals surface area contributed by atoms with Crippen molar-refractivity contribution in [3.63, 3.8) is 0 Å². The highest BCUT2D eigenvalue weighted by Crippen LogP contribution is 2.17. The van der Waals surface area contributed by atoms with Crippen LogP contribution in [0.3, 0.4) is 0 Å². The fraction of sp³-hybridized carbons (Fsp3) is 0.462. The molecule has 19 heavy (non-hydrogen) atoms. The first-order valence-corrected chi connectivity index (χ1v) is 7.04. The monoisotopic (exact) mass is 328 g/mol. The average molecular weight is 329 g/mol. The second kappa shape index (κ2) is 7.35. The molecule has 0 spiro atoms. The SMILES string of the molecule is O=C(NCCOc1cccc(Br)c1)N1CCOCC1. The van der Waals surface area contributed by atoms with E-state index in [0.717, 1.165) is 10.2 Å². The van der Waals surface area contributed by atoms with Crippen molar-refractivity contribution in [1.82, 2.24) is 10.2 Å². The zero-order chi connectivity index (χ0) is 13.5. The van der Waals surface area contributed by atoms with E-state index in [9.17, 15) is 4.79 Å². The van der Waals surface area contributed by atoms with Crippen molar-refractivity contribution >= 4 is 22.0 Å². The number of rotatable bonds is 4. The maximum Gasteiger partial charge on any atom is 0.317 e. The van der Waals surface area contributed by atoms with Gasteiger partial charge in [-0.1, -0.05) is 22.0 Å². The number of amides is 2. The van der Waals surface area contributed by atoms with Crippen LogP contribution in [0.4, 0.5) is 4.79 Å². The topological polar surface area (TPSA) is 50.8 Å². The summed E-state index contributed by atoms with van der Waals surface area (Å²) in [4.78, 5) is 13.5. The van der Waals surface area contributed by atoms with Crippen molar-refractivity contribution in [3.05, 3.63) is 28.7 Å². The van der Waals surface area contributed by atoms with Crippen LogP contribution in [0, 0.1) is 0 Å². The van der Waals surface area contributed by atoms with Gasteiger partial charge in [0.2, 0.25) is 0 Å². The summed E-state index contributed by atoms with van der Waals surface area (Å²) in [5.74, 6) is 0.787. The van der Waals surface area contributed by atoms with E-state index in [1.54, 1.807) is 4.90 Å². The zero-order valence-corrected chi connectivity index (χ0v) is 12.2. The largest absolute Gasteiger partial charge is 0.492 e. The van der Waals surface area contributed by atoms with Crippen LogP contribution in [0.15, 0.2) is 28.7 Å². The minimum Gasteiger partial charge on any atom is -0.492 e. The van der Waals surface area contributed by atoms with E-state index in [0.29, 0.717) is 39.5 Å². The Bertz CT molecular complexity index is 422. The number of hydrogen-bond donors (Lipinski definition) is 1. The fourth-order valence-electron chi connectivity index (χ4n) is 1.76. The molecule has 1 aliphatic rings. The Morgan fingerprint density at radius 3 is 2.95 bits per heavy atom. The highest BCUT2D eigenvalue weighted by atomic mass is 79.9. The second-order valence-corrected chi connectivity index (χ2v) is 5.05. The minimum absolute atomic E-state index is 0.0545. The molecule has 2 rings (SSSR count). The summed E-state index contributed by atoms with van der Waals surface area (Å²) in [6, 6.07) is 7.57. The minimum atomic E-state index is -0.0545. The number of hydrogen-bond acceptors (Lipinski definition) is 3. The summed E-state index contributed by atoms with van der Waals surface area (Å²) in [5.41, 5.74) is 0. The van der Waals surface area contributed by atoms with Gasteiger partial charge in [0, 0.05) is 17.6 Å². The molecule has 1 saturated heterocycles. The molecular weight excluding hydrogens is 312 g/mol. The van der Waals surface area contributed by atoms with Gasteiger partial charge in [-0.2, -0.15) is 0 Å². The average Bonchev–Trinajstić information content (AvgIpc) is 2.44. The van der Waals surface area contributed by atoms with E-state index in [4.69, 9.17) is 9.47 Å². The quantitative estimate of drug-likeness (QED) is 0.858. The maximum atomic E-state index is 11.8. The second-order valence-electron chi connectivity index (χ2n) is 4.14. The van der Waals surface area contributed by atoms with E-state index in [1.807, 2.05) is 24.3 Å². The number of nitrogens with zero attached hydrogens (tertiary/aromatic N) is 1. The summed E-state index contributed by atoms with van der Waals surface area (Å²) >= 11 is 3.38. The first-order chi connectivity index (χ1) is 9.25. The summed E-state index contributed by atoms with van der Waals surface area (Å²) in [6.07, 6.45) is 0. The Balaban J connectivity index is 1.65.